The third-order valence-electron chi connectivity index (χ3n) is 4.09. The number of hydrogen-bond acceptors (Lipinski definition) is 3. The Kier molecular flexibility index (Phi) is 8.91. The molecule has 0 aliphatic carbocycles. The molecule has 0 spiro atoms. The van der Waals surface area contributed by atoms with Crippen molar-refractivity contribution in [2.45, 2.75) is 46.0 Å². The Morgan fingerprint density at radius 1 is 1.14 bits per heavy atom. The van der Waals surface area contributed by atoms with Crippen molar-refractivity contribution in [3.8, 4) is 5.75 Å². The molecule has 0 aliphatic rings. The number of methoxy groups -OCH3 is 1. The van der Waals surface area contributed by atoms with Gasteiger partial charge in [-0.1, -0.05) is 33.1 Å². The third-order valence-corrected chi connectivity index (χ3v) is 4.09. The fourth-order valence-electron chi connectivity index (χ4n) is 2.63. The molecule has 1 aromatic carbocycles. The molecule has 3 heteroatoms. The Balaban J connectivity index is 2.72. The van der Waals surface area contributed by atoms with Crippen LogP contribution in [0.25, 0.3) is 0 Å². The molecule has 120 valence electrons. The van der Waals surface area contributed by atoms with Gasteiger partial charge in [0, 0.05) is 18.8 Å². The Hall–Kier alpha value is -1.22. The van der Waals surface area contributed by atoms with Gasteiger partial charge in [-0.2, -0.15) is 0 Å². The summed E-state index contributed by atoms with van der Waals surface area (Å²) in [5.41, 5.74) is 6.97. The molecule has 0 fully saturated rings. The summed E-state index contributed by atoms with van der Waals surface area (Å²) in [6.07, 6.45) is 6.21. The second-order valence-electron chi connectivity index (χ2n) is 5.70. The van der Waals surface area contributed by atoms with Crippen molar-refractivity contribution in [2.75, 3.05) is 31.6 Å². The van der Waals surface area contributed by atoms with Crippen molar-refractivity contribution >= 4 is 5.69 Å². The Morgan fingerprint density at radius 2 is 1.86 bits per heavy atom. The van der Waals surface area contributed by atoms with Crippen molar-refractivity contribution in [3.63, 3.8) is 0 Å². The molecule has 2 N–H and O–H groups in total. The fourth-order valence-corrected chi connectivity index (χ4v) is 2.63. The zero-order chi connectivity index (χ0) is 15.5. The summed E-state index contributed by atoms with van der Waals surface area (Å²) < 4.78 is 5.25. The number of anilines is 1. The van der Waals surface area contributed by atoms with Gasteiger partial charge in [-0.15, -0.1) is 0 Å². The van der Waals surface area contributed by atoms with Gasteiger partial charge in [-0.05, 0) is 49.6 Å². The van der Waals surface area contributed by atoms with E-state index in [0.29, 0.717) is 0 Å². The molecule has 1 atom stereocenters. The number of nitrogens with two attached hydrogens (primary N) is 1. The zero-order valence-electron chi connectivity index (χ0n) is 14.0. The minimum atomic E-state index is 0.748. The molecule has 1 unspecified atom stereocenters. The van der Waals surface area contributed by atoms with Crippen molar-refractivity contribution < 1.29 is 4.74 Å². The quantitative estimate of drug-likeness (QED) is 0.668. The minimum absolute atomic E-state index is 0.748. The number of rotatable bonds is 11. The van der Waals surface area contributed by atoms with Crippen LogP contribution in [0.4, 0.5) is 5.69 Å². The fraction of sp³-hybridized carbons (Fsp3) is 0.667. The predicted molar refractivity (Wildman–Crippen MR) is 92.2 cm³/mol. The maximum Gasteiger partial charge on any atom is 0.119 e. The highest BCUT2D eigenvalue weighted by atomic mass is 16.5. The Labute approximate surface area is 130 Å². The van der Waals surface area contributed by atoms with E-state index in [4.69, 9.17) is 10.5 Å². The van der Waals surface area contributed by atoms with Gasteiger partial charge in [0.1, 0.15) is 5.75 Å². The lowest BCUT2D eigenvalue weighted by atomic mass is 9.98. The van der Waals surface area contributed by atoms with Gasteiger partial charge in [0.2, 0.25) is 0 Å². The van der Waals surface area contributed by atoms with Crippen LogP contribution in [0.2, 0.25) is 0 Å². The van der Waals surface area contributed by atoms with E-state index in [9.17, 15) is 0 Å². The van der Waals surface area contributed by atoms with E-state index in [-0.39, 0.29) is 0 Å². The average molecular weight is 292 g/mol. The van der Waals surface area contributed by atoms with Crippen molar-refractivity contribution in [3.05, 3.63) is 24.3 Å². The summed E-state index contributed by atoms with van der Waals surface area (Å²) in [6, 6.07) is 8.39. The first-order valence-electron chi connectivity index (χ1n) is 8.34. The van der Waals surface area contributed by atoms with E-state index in [1.165, 1.54) is 31.4 Å². The second-order valence-corrected chi connectivity index (χ2v) is 5.70. The van der Waals surface area contributed by atoms with Crippen LogP contribution in [0.3, 0.4) is 0 Å². The van der Waals surface area contributed by atoms with E-state index in [0.717, 1.165) is 37.7 Å². The van der Waals surface area contributed by atoms with E-state index >= 15 is 0 Å². The molecule has 0 aliphatic heterocycles. The zero-order valence-corrected chi connectivity index (χ0v) is 14.0. The molecule has 0 bridgehead atoms. The van der Waals surface area contributed by atoms with E-state index < -0.39 is 0 Å². The van der Waals surface area contributed by atoms with E-state index in [1.807, 2.05) is 12.1 Å². The molecular formula is C18H32N2O. The van der Waals surface area contributed by atoms with Crippen molar-refractivity contribution in [1.29, 1.82) is 0 Å². The van der Waals surface area contributed by atoms with Gasteiger partial charge in [0.15, 0.2) is 0 Å². The third kappa shape index (κ3) is 6.38. The highest BCUT2D eigenvalue weighted by Crippen LogP contribution is 2.23. The average Bonchev–Trinajstić information content (AvgIpc) is 2.54. The normalized spacial score (nSPS) is 12.2. The number of hydrogen-bond donors (Lipinski definition) is 1. The topological polar surface area (TPSA) is 38.5 Å². The molecule has 1 rings (SSSR count). The monoisotopic (exact) mass is 292 g/mol. The number of ether oxygens (including phenoxy) is 1. The standard InChI is InChI=1S/C18H32N2O/c1-4-6-8-16(5-2)15-20(14-7-13-19)17-9-11-18(21-3)12-10-17/h9-12,16H,4-8,13-15,19H2,1-3H3. The maximum atomic E-state index is 5.70. The minimum Gasteiger partial charge on any atom is -0.497 e. The largest absolute Gasteiger partial charge is 0.497 e. The highest BCUT2D eigenvalue weighted by molar-refractivity contribution is 5.49. The summed E-state index contributed by atoms with van der Waals surface area (Å²) in [7, 11) is 1.71. The molecular weight excluding hydrogens is 260 g/mol. The first kappa shape index (κ1) is 17.8. The highest BCUT2D eigenvalue weighted by Gasteiger charge is 2.13. The van der Waals surface area contributed by atoms with Crippen LogP contribution in [0.5, 0.6) is 5.75 Å². The van der Waals surface area contributed by atoms with Gasteiger partial charge in [0.05, 0.1) is 7.11 Å². The summed E-state index contributed by atoms with van der Waals surface area (Å²) in [5, 5.41) is 0. The molecule has 0 heterocycles. The van der Waals surface area contributed by atoms with Crippen LogP contribution in [0.1, 0.15) is 46.0 Å². The lowest BCUT2D eigenvalue weighted by Crippen LogP contribution is -2.31. The van der Waals surface area contributed by atoms with Crippen molar-refractivity contribution in [2.24, 2.45) is 11.7 Å². The molecule has 0 amide bonds. The second kappa shape index (κ2) is 10.5. The van der Waals surface area contributed by atoms with Gasteiger partial charge >= 0.3 is 0 Å². The molecule has 1 aromatic rings. The van der Waals surface area contributed by atoms with Crippen LogP contribution < -0.4 is 15.4 Å². The van der Waals surface area contributed by atoms with Gasteiger partial charge < -0.3 is 15.4 Å². The molecule has 21 heavy (non-hydrogen) atoms. The summed E-state index contributed by atoms with van der Waals surface area (Å²) in [6.45, 7) is 7.48. The van der Waals surface area contributed by atoms with E-state index in [2.05, 4.69) is 30.9 Å². The van der Waals surface area contributed by atoms with Crippen LogP contribution in [0.15, 0.2) is 24.3 Å². The SMILES string of the molecule is CCCCC(CC)CN(CCCN)c1ccc(OC)cc1. The summed E-state index contributed by atoms with van der Waals surface area (Å²) in [4.78, 5) is 2.48. The molecule has 0 aromatic heterocycles. The Bertz CT molecular complexity index is 364. The van der Waals surface area contributed by atoms with Crippen LogP contribution >= 0.6 is 0 Å². The molecule has 0 saturated heterocycles. The summed E-state index contributed by atoms with van der Waals surface area (Å²) >= 11 is 0. The Morgan fingerprint density at radius 3 is 2.38 bits per heavy atom. The number of nitrogens with zero attached hydrogens (tertiary/aromatic N) is 1. The number of unbranched alkanes of at least 4 members (excludes halogenated alkanes) is 1. The summed E-state index contributed by atoms with van der Waals surface area (Å²) in [5.74, 6) is 1.68. The number of benzene rings is 1. The van der Waals surface area contributed by atoms with Crippen molar-refractivity contribution in [1.82, 2.24) is 0 Å². The first-order valence-corrected chi connectivity index (χ1v) is 8.34. The van der Waals surface area contributed by atoms with Gasteiger partial charge in [-0.3, -0.25) is 0 Å². The van der Waals surface area contributed by atoms with Gasteiger partial charge in [-0.25, -0.2) is 0 Å². The smallest absolute Gasteiger partial charge is 0.119 e. The molecule has 0 radical (unpaired) electrons. The van der Waals surface area contributed by atoms with Crippen LogP contribution in [-0.2, 0) is 0 Å². The lowest BCUT2D eigenvalue weighted by Gasteiger charge is -2.29. The molecule has 3 nitrogen and oxygen atoms in total. The first-order chi connectivity index (χ1) is 10.2. The van der Waals surface area contributed by atoms with Crippen LogP contribution in [0, 0.1) is 5.92 Å². The predicted octanol–water partition coefficient (Wildman–Crippen LogP) is 4.07. The van der Waals surface area contributed by atoms with Crippen LogP contribution in [-0.4, -0.2) is 26.7 Å². The van der Waals surface area contributed by atoms with E-state index in [1.54, 1.807) is 7.11 Å². The maximum absolute atomic E-state index is 5.70. The molecule has 0 saturated carbocycles. The van der Waals surface area contributed by atoms with Gasteiger partial charge in [0.25, 0.3) is 0 Å². The lowest BCUT2D eigenvalue weighted by molar-refractivity contribution is 0.414.